The Kier molecular flexibility index (Phi) is 4.75. The van der Waals surface area contributed by atoms with Gasteiger partial charge in [0.25, 0.3) is 0 Å². The number of pyridine rings is 1. The monoisotopic (exact) mass is 362 g/mol. The number of esters is 1. The molecule has 0 spiro atoms. The number of hydrogen-bond acceptors (Lipinski definition) is 6. The molecule has 0 saturated carbocycles. The number of aromatic nitrogens is 1. The number of rotatable bonds is 3. The van der Waals surface area contributed by atoms with Gasteiger partial charge in [-0.1, -0.05) is 36.4 Å². The molecule has 2 aromatic carbocycles. The number of hydrogen-bond donors (Lipinski definition) is 2. The van der Waals surface area contributed by atoms with E-state index in [2.05, 4.69) is 29.2 Å². The van der Waals surface area contributed by atoms with Crippen LogP contribution in [0.25, 0.3) is 21.9 Å². The van der Waals surface area contributed by atoms with Crippen LogP contribution >= 0.6 is 0 Å². The zero-order valence-corrected chi connectivity index (χ0v) is 15.0. The molecule has 6 nitrogen and oxygen atoms in total. The molecule has 1 aromatic heterocycles. The molecule has 0 amide bonds. The molecule has 27 heavy (non-hydrogen) atoms. The number of fused-ring (bicyclic) bond motifs is 1. The van der Waals surface area contributed by atoms with Gasteiger partial charge in [0.15, 0.2) is 0 Å². The van der Waals surface area contributed by atoms with Gasteiger partial charge in [-0.2, -0.15) is 0 Å². The van der Waals surface area contributed by atoms with Crippen LogP contribution in [0.1, 0.15) is 12.8 Å². The first kappa shape index (κ1) is 17.5. The number of benzene rings is 2. The highest BCUT2D eigenvalue weighted by molar-refractivity contribution is 5.87. The first-order valence-electron chi connectivity index (χ1n) is 9.06. The van der Waals surface area contributed by atoms with Gasteiger partial charge in [0.05, 0.1) is 11.6 Å². The molecule has 0 radical (unpaired) electrons. The summed E-state index contributed by atoms with van der Waals surface area (Å²) in [5.41, 5.74) is 8.35. The van der Waals surface area contributed by atoms with Crippen molar-refractivity contribution in [2.75, 3.05) is 18.8 Å². The maximum Gasteiger partial charge on any atom is 0.315 e. The third-order valence-corrected chi connectivity index (χ3v) is 5.02. The van der Waals surface area contributed by atoms with Crippen molar-refractivity contribution in [3.63, 3.8) is 0 Å². The van der Waals surface area contributed by atoms with Crippen LogP contribution in [0.15, 0.2) is 54.7 Å². The van der Waals surface area contributed by atoms with Gasteiger partial charge >= 0.3 is 5.97 Å². The maximum atomic E-state index is 12.4. The number of hydrazine groups is 1. The van der Waals surface area contributed by atoms with Crippen LogP contribution in [-0.2, 0) is 4.79 Å². The Morgan fingerprint density at radius 3 is 2.52 bits per heavy atom. The standard InChI is InChI=1S/C21H22N4O2/c22-19-12-18(17-6-5-14-3-1-2-4-16(14)11-17)13-24-20(19)27-21(26)15-7-9-25(23)10-8-15/h1-6,11-13,15H,7-10,22-23H2. The minimum absolute atomic E-state index is 0.161. The Morgan fingerprint density at radius 1 is 1.04 bits per heavy atom. The van der Waals surface area contributed by atoms with Crippen molar-refractivity contribution < 1.29 is 9.53 Å². The van der Waals surface area contributed by atoms with E-state index in [4.69, 9.17) is 16.3 Å². The molecule has 0 unspecified atom stereocenters. The number of nitrogens with zero attached hydrogens (tertiary/aromatic N) is 2. The van der Waals surface area contributed by atoms with Crippen LogP contribution in [0.2, 0.25) is 0 Å². The molecular formula is C21H22N4O2. The summed E-state index contributed by atoms with van der Waals surface area (Å²) in [6, 6.07) is 16.2. The predicted octanol–water partition coefficient (Wildman–Crippen LogP) is 2.98. The Hall–Kier alpha value is -2.96. The summed E-state index contributed by atoms with van der Waals surface area (Å²) in [5.74, 6) is 5.44. The summed E-state index contributed by atoms with van der Waals surface area (Å²) in [5, 5.41) is 4.04. The largest absolute Gasteiger partial charge is 0.405 e. The zero-order valence-electron chi connectivity index (χ0n) is 15.0. The summed E-state index contributed by atoms with van der Waals surface area (Å²) in [6.45, 7) is 1.37. The molecule has 1 saturated heterocycles. The highest BCUT2D eigenvalue weighted by atomic mass is 16.5. The highest BCUT2D eigenvalue weighted by Gasteiger charge is 2.26. The van der Waals surface area contributed by atoms with Crippen molar-refractivity contribution in [2.45, 2.75) is 12.8 Å². The first-order chi connectivity index (χ1) is 13.1. The minimum atomic E-state index is -0.291. The highest BCUT2D eigenvalue weighted by Crippen LogP contribution is 2.29. The summed E-state index contributed by atoms with van der Waals surface area (Å²) >= 11 is 0. The molecule has 138 valence electrons. The summed E-state index contributed by atoms with van der Waals surface area (Å²) < 4.78 is 5.45. The maximum absolute atomic E-state index is 12.4. The van der Waals surface area contributed by atoms with Crippen molar-refractivity contribution >= 4 is 22.4 Å². The lowest BCUT2D eigenvalue weighted by molar-refractivity contribution is -0.140. The Bertz CT molecular complexity index is 981. The molecule has 4 N–H and O–H groups in total. The molecular weight excluding hydrogens is 340 g/mol. The lowest BCUT2D eigenvalue weighted by atomic mass is 9.98. The lowest BCUT2D eigenvalue weighted by Crippen LogP contribution is -2.41. The molecule has 3 aromatic rings. The average molecular weight is 362 g/mol. The van der Waals surface area contributed by atoms with E-state index >= 15 is 0 Å². The third-order valence-electron chi connectivity index (χ3n) is 5.02. The van der Waals surface area contributed by atoms with Crippen molar-refractivity contribution in [1.82, 2.24) is 9.99 Å². The van der Waals surface area contributed by atoms with Crippen molar-refractivity contribution in [2.24, 2.45) is 11.8 Å². The molecule has 2 heterocycles. The van der Waals surface area contributed by atoms with Crippen LogP contribution < -0.4 is 16.3 Å². The van der Waals surface area contributed by atoms with Crippen molar-refractivity contribution in [1.29, 1.82) is 0 Å². The van der Waals surface area contributed by atoms with Crippen LogP contribution in [0, 0.1) is 5.92 Å². The van der Waals surface area contributed by atoms with E-state index in [-0.39, 0.29) is 17.8 Å². The lowest BCUT2D eigenvalue weighted by Gasteiger charge is -2.26. The molecule has 1 fully saturated rings. The van der Waals surface area contributed by atoms with Crippen molar-refractivity contribution in [3.8, 4) is 17.0 Å². The van der Waals surface area contributed by atoms with Crippen LogP contribution in [-0.4, -0.2) is 29.1 Å². The van der Waals surface area contributed by atoms with E-state index in [0.717, 1.165) is 16.5 Å². The number of carbonyl (C=O) groups excluding carboxylic acids is 1. The minimum Gasteiger partial charge on any atom is -0.405 e. The zero-order chi connectivity index (χ0) is 18.8. The number of piperidine rings is 1. The molecule has 1 aliphatic rings. The molecule has 4 rings (SSSR count). The topological polar surface area (TPSA) is 94.5 Å². The Balaban J connectivity index is 1.52. The number of carbonyl (C=O) groups is 1. The fourth-order valence-corrected chi connectivity index (χ4v) is 3.40. The van der Waals surface area contributed by atoms with E-state index in [9.17, 15) is 4.79 Å². The molecule has 1 aliphatic heterocycles. The summed E-state index contributed by atoms with van der Waals surface area (Å²) in [4.78, 5) is 16.6. The van der Waals surface area contributed by atoms with Gasteiger partial charge in [-0.15, -0.1) is 0 Å². The number of nitrogen functional groups attached to an aromatic ring is 1. The second-order valence-electron chi connectivity index (χ2n) is 6.91. The number of anilines is 1. The fraction of sp³-hybridized carbons (Fsp3) is 0.238. The summed E-state index contributed by atoms with van der Waals surface area (Å²) in [7, 11) is 0. The molecule has 0 atom stereocenters. The van der Waals surface area contributed by atoms with Gasteiger partial charge in [0, 0.05) is 24.8 Å². The number of ether oxygens (including phenoxy) is 1. The normalized spacial score (nSPS) is 15.7. The summed E-state index contributed by atoms with van der Waals surface area (Å²) in [6.07, 6.45) is 3.06. The van der Waals surface area contributed by atoms with Crippen LogP contribution in [0.4, 0.5) is 5.69 Å². The van der Waals surface area contributed by atoms with E-state index in [0.29, 0.717) is 31.6 Å². The Labute approximate surface area is 157 Å². The first-order valence-corrected chi connectivity index (χ1v) is 9.06. The van der Waals surface area contributed by atoms with Crippen LogP contribution in [0.5, 0.6) is 5.88 Å². The van der Waals surface area contributed by atoms with Crippen molar-refractivity contribution in [3.05, 3.63) is 54.7 Å². The SMILES string of the molecule is Nc1cc(-c2ccc3ccccc3c2)cnc1OC(=O)C1CCN(N)CC1. The van der Waals surface area contributed by atoms with Gasteiger partial charge in [0.2, 0.25) is 5.88 Å². The van der Waals surface area contributed by atoms with Gasteiger partial charge in [0.1, 0.15) is 0 Å². The van der Waals surface area contributed by atoms with E-state index in [1.54, 1.807) is 17.3 Å². The van der Waals surface area contributed by atoms with E-state index in [1.807, 2.05) is 18.2 Å². The average Bonchev–Trinajstić information content (AvgIpc) is 2.69. The molecule has 6 heteroatoms. The second-order valence-corrected chi connectivity index (χ2v) is 6.91. The molecule has 0 bridgehead atoms. The predicted molar refractivity (Wildman–Crippen MR) is 106 cm³/mol. The van der Waals surface area contributed by atoms with Gasteiger partial charge in [-0.05, 0) is 41.3 Å². The quantitative estimate of drug-likeness (QED) is 0.549. The molecule has 0 aliphatic carbocycles. The van der Waals surface area contributed by atoms with Gasteiger partial charge in [-0.3, -0.25) is 10.6 Å². The van der Waals surface area contributed by atoms with Crippen LogP contribution in [0.3, 0.4) is 0 Å². The van der Waals surface area contributed by atoms with E-state index in [1.165, 1.54) is 5.39 Å². The van der Waals surface area contributed by atoms with E-state index < -0.39 is 0 Å². The smallest absolute Gasteiger partial charge is 0.315 e. The fourth-order valence-electron chi connectivity index (χ4n) is 3.40. The second kappa shape index (κ2) is 7.34. The number of nitrogens with two attached hydrogens (primary N) is 2. The third kappa shape index (κ3) is 3.77. The van der Waals surface area contributed by atoms with Gasteiger partial charge in [-0.25, -0.2) is 9.99 Å². The van der Waals surface area contributed by atoms with Gasteiger partial charge < -0.3 is 10.5 Å². The Morgan fingerprint density at radius 2 is 1.78 bits per heavy atom.